The summed E-state index contributed by atoms with van der Waals surface area (Å²) in [7, 11) is 0. The van der Waals surface area contributed by atoms with Crippen molar-refractivity contribution in [3.8, 4) is 0 Å². The molecule has 0 radical (unpaired) electrons. The van der Waals surface area contributed by atoms with Crippen LogP contribution in [0.25, 0.3) is 0 Å². The fourth-order valence-corrected chi connectivity index (χ4v) is 0.929. The fourth-order valence-electron chi connectivity index (χ4n) is 0.929. The molecule has 0 rings (SSSR count). The third kappa shape index (κ3) is 8.30. The van der Waals surface area contributed by atoms with Gasteiger partial charge in [-0.15, -0.1) is 0 Å². The molecule has 0 aromatic carbocycles. The predicted molar refractivity (Wildman–Crippen MR) is 61.6 cm³/mol. The minimum Gasteiger partial charge on any atom is -0.392 e. The van der Waals surface area contributed by atoms with Crippen LogP contribution in [0.2, 0.25) is 0 Å². The number of aliphatic hydroxyl groups is 1. The number of rotatable bonds is 4. The number of hydrogen-bond acceptors (Lipinski definition) is 3. The lowest BCUT2D eigenvalue weighted by Crippen LogP contribution is -2.34. The van der Waals surface area contributed by atoms with Crippen LogP contribution in [0.1, 0.15) is 41.5 Å². The first-order chi connectivity index (χ1) is 6.68. The molecule has 1 atom stereocenters. The van der Waals surface area contributed by atoms with Crippen molar-refractivity contribution in [2.45, 2.75) is 47.6 Å². The van der Waals surface area contributed by atoms with Crippen molar-refractivity contribution in [2.75, 3.05) is 0 Å². The Labute approximate surface area is 92.9 Å². The zero-order chi connectivity index (χ0) is 12.6. The first kappa shape index (κ1) is 16.7. The quantitative estimate of drug-likeness (QED) is 0.732. The Kier molecular flexibility index (Phi) is 8.44. The van der Waals surface area contributed by atoms with E-state index in [0.29, 0.717) is 0 Å². The van der Waals surface area contributed by atoms with Gasteiger partial charge in [-0.1, -0.05) is 41.5 Å². The summed E-state index contributed by atoms with van der Waals surface area (Å²) in [4.78, 5) is 19.9. The van der Waals surface area contributed by atoms with Gasteiger partial charge in [0.1, 0.15) is 12.6 Å². The molecule has 3 heteroatoms. The van der Waals surface area contributed by atoms with Crippen LogP contribution in [0.3, 0.4) is 0 Å². The molecule has 0 bridgehead atoms. The van der Waals surface area contributed by atoms with Gasteiger partial charge in [0.15, 0.2) is 0 Å². The van der Waals surface area contributed by atoms with Gasteiger partial charge in [0.2, 0.25) is 0 Å². The SMILES string of the molecule is CC(C)C(O)C(C)(C)C=O.CC(C)C=O. The highest BCUT2D eigenvalue weighted by molar-refractivity contribution is 5.59. The second-order valence-electron chi connectivity index (χ2n) is 5.01. The number of carbonyl (C=O) groups is 2. The van der Waals surface area contributed by atoms with Crippen molar-refractivity contribution in [3.63, 3.8) is 0 Å². The summed E-state index contributed by atoms with van der Waals surface area (Å²) < 4.78 is 0. The molecule has 0 aliphatic rings. The summed E-state index contributed by atoms with van der Waals surface area (Å²) >= 11 is 0. The van der Waals surface area contributed by atoms with Crippen molar-refractivity contribution < 1.29 is 14.7 Å². The van der Waals surface area contributed by atoms with Gasteiger partial charge in [-0.3, -0.25) is 0 Å². The molecule has 1 N–H and O–H groups in total. The molecule has 0 saturated heterocycles. The highest BCUT2D eigenvalue weighted by Crippen LogP contribution is 2.22. The van der Waals surface area contributed by atoms with E-state index in [1.165, 1.54) is 0 Å². The third-order valence-electron chi connectivity index (χ3n) is 1.97. The number of hydrogen-bond donors (Lipinski definition) is 1. The summed E-state index contributed by atoms with van der Waals surface area (Å²) in [6.07, 6.45) is 1.18. The molecule has 3 nitrogen and oxygen atoms in total. The van der Waals surface area contributed by atoms with E-state index >= 15 is 0 Å². The molecule has 0 heterocycles. The summed E-state index contributed by atoms with van der Waals surface area (Å²) in [5.74, 6) is 0.343. The van der Waals surface area contributed by atoms with Crippen LogP contribution in [-0.2, 0) is 9.59 Å². The van der Waals surface area contributed by atoms with Crippen LogP contribution in [-0.4, -0.2) is 23.8 Å². The molecule has 1 unspecified atom stereocenters. The smallest absolute Gasteiger partial charge is 0.128 e. The van der Waals surface area contributed by atoms with Crippen LogP contribution in [0, 0.1) is 17.3 Å². The van der Waals surface area contributed by atoms with Crippen LogP contribution < -0.4 is 0 Å². The van der Waals surface area contributed by atoms with Crippen LogP contribution >= 0.6 is 0 Å². The Morgan fingerprint density at radius 2 is 1.40 bits per heavy atom. The molecule has 0 saturated carbocycles. The molecule has 0 aromatic heterocycles. The summed E-state index contributed by atoms with van der Waals surface area (Å²) in [5.41, 5.74) is -0.603. The Hall–Kier alpha value is -0.700. The van der Waals surface area contributed by atoms with E-state index in [1.807, 2.05) is 27.7 Å². The monoisotopic (exact) mass is 216 g/mol. The van der Waals surface area contributed by atoms with E-state index in [1.54, 1.807) is 13.8 Å². The van der Waals surface area contributed by atoms with Crippen LogP contribution in [0.15, 0.2) is 0 Å². The van der Waals surface area contributed by atoms with Gasteiger partial charge in [-0.25, -0.2) is 0 Å². The number of carbonyl (C=O) groups excluding carboxylic acids is 2. The third-order valence-corrected chi connectivity index (χ3v) is 1.97. The van der Waals surface area contributed by atoms with Crippen molar-refractivity contribution in [3.05, 3.63) is 0 Å². The summed E-state index contributed by atoms with van der Waals surface area (Å²) in [6, 6.07) is 0. The molecule has 15 heavy (non-hydrogen) atoms. The van der Waals surface area contributed by atoms with E-state index < -0.39 is 11.5 Å². The lowest BCUT2D eigenvalue weighted by Gasteiger charge is -2.27. The predicted octanol–water partition coefficient (Wildman–Crippen LogP) is 2.07. The lowest BCUT2D eigenvalue weighted by molar-refractivity contribution is -0.121. The average molecular weight is 216 g/mol. The van der Waals surface area contributed by atoms with E-state index in [0.717, 1.165) is 12.6 Å². The molecule has 0 amide bonds. The molecule has 0 fully saturated rings. The molecular weight excluding hydrogens is 192 g/mol. The second kappa shape index (κ2) is 7.57. The molecule has 90 valence electrons. The molecule has 0 aromatic rings. The molecule has 0 spiro atoms. The molecule has 0 aliphatic heterocycles. The first-order valence-corrected chi connectivity index (χ1v) is 5.28. The maximum Gasteiger partial charge on any atom is 0.128 e. The van der Waals surface area contributed by atoms with Crippen molar-refractivity contribution in [1.29, 1.82) is 0 Å². The fraction of sp³-hybridized carbons (Fsp3) is 0.833. The van der Waals surface area contributed by atoms with Crippen molar-refractivity contribution in [2.24, 2.45) is 17.3 Å². The Bertz CT molecular complexity index is 183. The van der Waals surface area contributed by atoms with Crippen LogP contribution in [0.5, 0.6) is 0 Å². The van der Waals surface area contributed by atoms with Gasteiger partial charge >= 0.3 is 0 Å². The Balaban J connectivity index is 0. The summed E-state index contributed by atoms with van der Waals surface area (Å²) in [5, 5.41) is 9.42. The average Bonchev–Trinajstić information content (AvgIpc) is 2.17. The molecular formula is C12H24O3. The van der Waals surface area contributed by atoms with Crippen LogP contribution in [0.4, 0.5) is 0 Å². The van der Waals surface area contributed by atoms with Gasteiger partial charge < -0.3 is 14.7 Å². The highest BCUT2D eigenvalue weighted by atomic mass is 16.3. The largest absolute Gasteiger partial charge is 0.392 e. The van der Waals surface area contributed by atoms with Crippen molar-refractivity contribution in [1.82, 2.24) is 0 Å². The van der Waals surface area contributed by atoms with Gasteiger partial charge in [0.25, 0.3) is 0 Å². The van der Waals surface area contributed by atoms with Gasteiger partial charge in [0, 0.05) is 11.3 Å². The minimum absolute atomic E-state index is 0.139. The van der Waals surface area contributed by atoms with E-state index in [4.69, 9.17) is 0 Å². The Morgan fingerprint density at radius 3 is 1.47 bits per heavy atom. The lowest BCUT2D eigenvalue weighted by atomic mass is 9.82. The maximum absolute atomic E-state index is 10.4. The zero-order valence-corrected chi connectivity index (χ0v) is 10.7. The molecule has 0 aliphatic carbocycles. The van der Waals surface area contributed by atoms with Gasteiger partial charge in [0.05, 0.1) is 6.10 Å². The highest BCUT2D eigenvalue weighted by Gasteiger charge is 2.29. The Morgan fingerprint density at radius 1 is 1.07 bits per heavy atom. The topological polar surface area (TPSA) is 54.4 Å². The summed E-state index contributed by atoms with van der Waals surface area (Å²) in [6.45, 7) is 11.0. The standard InChI is InChI=1S/C8H16O2.C4H8O/c1-6(2)7(10)8(3,4)5-9;1-4(2)3-5/h5-7,10H,1-4H3;3-4H,1-2H3. The number of aliphatic hydroxyl groups excluding tert-OH is 1. The minimum atomic E-state index is -0.603. The maximum atomic E-state index is 10.4. The second-order valence-corrected chi connectivity index (χ2v) is 5.01. The van der Waals surface area contributed by atoms with E-state index in [2.05, 4.69) is 0 Å². The van der Waals surface area contributed by atoms with E-state index in [9.17, 15) is 14.7 Å². The normalized spacial score (nSPS) is 13.1. The number of aldehydes is 2. The van der Waals surface area contributed by atoms with E-state index in [-0.39, 0.29) is 11.8 Å². The van der Waals surface area contributed by atoms with Crippen molar-refractivity contribution >= 4 is 12.6 Å². The zero-order valence-electron chi connectivity index (χ0n) is 10.7. The van der Waals surface area contributed by atoms with Gasteiger partial charge in [-0.2, -0.15) is 0 Å². The van der Waals surface area contributed by atoms with Gasteiger partial charge in [-0.05, 0) is 5.92 Å². The first-order valence-electron chi connectivity index (χ1n) is 5.28.